The highest BCUT2D eigenvalue weighted by Crippen LogP contribution is 2.32. The average molecular weight is 668 g/mol. The lowest BCUT2D eigenvalue weighted by atomic mass is 9.91. The number of nitrogens with zero attached hydrogens (tertiary/aromatic N) is 4. The topological polar surface area (TPSA) is 143 Å². The van der Waals surface area contributed by atoms with Gasteiger partial charge in [0.25, 0.3) is 5.91 Å². The molecule has 13 heteroatoms. The maximum absolute atomic E-state index is 13.9. The number of anilines is 1. The van der Waals surface area contributed by atoms with Gasteiger partial charge < -0.3 is 35.0 Å². The Morgan fingerprint density at radius 3 is 2.43 bits per heavy atom. The first-order valence-electron chi connectivity index (χ1n) is 16.5. The van der Waals surface area contributed by atoms with Gasteiger partial charge in [0.15, 0.2) is 6.10 Å². The molecular formula is C34H42ClN5O7. The molecule has 0 aromatic heterocycles. The van der Waals surface area contributed by atoms with Gasteiger partial charge in [-0.05, 0) is 79.8 Å². The molecule has 0 spiro atoms. The quantitative estimate of drug-likeness (QED) is 0.385. The lowest BCUT2D eigenvalue weighted by Gasteiger charge is -2.38. The number of piperidine rings is 1. The number of urea groups is 1. The number of phenols is 1. The third-order valence-electron chi connectivity index (χ3n) is 10.1. The number of carboxylic acid groups (broad SMARTS) is 1. The summed E-state index contributed by atoms with van der Waals surface area (Å²) in [6.07, 6.45) is 2.10. The summed E-state index contributed by atoms with van der Waals surface area (Å²) in [7, 11) is 0. The average Bonchev–Trinajstić information content (AvgIpc) is 3.69. The van der Waals surface area contributed by atoms with E-state index < -0.39 is 18.2 Å². The fourth-order valence-electron chi connectivity index (χ4n) is 7.52. The van der Waals surface area contributed by atoms with Crippen molar-refractivity contribution in [3.05, 3.63) is 58.6 Å². The Kier molecular flexibility index (Phi) is 10.1. The van der Waals surface area contributed by atoms with Crippen LogP contribution in [0.25, 0.3) is 0 Å². The third-order valence-corrected chi connectivity index (χ3v) is 10.4. The van der Waals surface area contributed by atoms with Crippen LogP contribution in [0.3, 0.4) is 0 Å². The SMILES string of the molecule is O=C(O)CN1CCC(C2CCN(C(=O)[C@@H](Cc3ccc(O)c(Cl)c3)OC(=O)N3CCC(N4CCc5ccccc5NC4=O)CC3)C2)C1. The molecule has 0 bridgehead atoms. The molecule has 4 heterocycles. The molecule has 0 aliphatic carbocycles. The predicted molar refractivity (Wildman–Crippen MR) is 174 cm³/mol. The van der Waals surface area contributed by atoms with E-state index in [1.54, 1.807) is 21.9 Å². The van der Waals surface area contributed by atoms with Crippen LogP contribution in [0.1, 0.15) is 36.8 Å². The van der Waals surface area contributed by atoms with Crippen LogP contribution in [-0.2, 0) is 27.2 Å². The van der Waals surface area contributed by atoms with Gasteiger partial charge in [-0.1, -0.05) is 35.9 Å². The number of rotatable bonds is 8. The van der Waals surface area contributed by atoms with Crippen LogP contribution in [-0.4, -0.2) is 118 Å². The second kappa shape index (κ2) is 14.4. The van der Waals surface area contributed by atoms with Gasteiger partial charge in [-0.15, -0.1) is 0 Å². The Hall–Kier alpha value is -4.03. The molecule has 4 amide bonds. The number of hydrogen-bond donors (Lipinski definition) is 3. The minimum absolute atomic E-state index is 0.0199. The number of carbonyl (C=O) groups excluding carboxylic acids is 3. The number of benzene rings is 2. The van der Waals surface area contributed by atoms with Crippen LogP contribution in [0.2, 0.25) is 5.02 Å². The summed E-state index contributed by atoms with van der Waals surface area (Å²) in [6, 6.07) is 12.3. The fourth-order valence-corrected chi connectivity index (χ4v) is 7.73. The van der Waals surface area contributed by atoms with Gasteiger partial charge in [0, 0.05) is 57.4 Å². The highest BCUT2D eigenvalue weighted by molar-refractivity contribution is 6.32. The lowest BCUT2D eigenvalue weighted by Crippen LogP contribution is -2.51. The van der Waals surface area contributed by atoms with Gasteiger partial charge in [-0.2, -0.15) is 0 Å². The second-order valence-corrected chi connectivity index (χ2v) is 13.5. The Morgan fingerprint density at radius 2 is 1.66 bits per heavy atom. The lowest BCUT2D eigenvalue weighted by molar-refractivity contribution is -0.140. The van der Waals surface area contributed by atoms with Crippen molar-refractivity contribution >= 4 is 41.3 Å². The Morgan fingerprint density at radius 1 is 0.936 bits per heavy atom. The summed E-state index contributed by atoms with van der Waals surface area (Å²) >= 11 is 6.16. The first kappa shape index (κ1) is 32.9. The van der Waals surface area contributed by atoms with E-state index in [0.717, 1.165) is 37.1 Å². The van der Waals surface area contributed by atoms with Crippen molar-refractivity contribution in [3.63, 3.8) is 0 Å². The van der Waals surface area contributed by atoms with Gasteiger partial charge >= 0.3 is 18.1 Å². The highest BCUT2D eigenvalue weighted by Gasteiger charge is 2.39. The van der Waals surface area contributed by atoms with Crippen molar-refractivity contribution in [2.75, 3.05) is 57.7 Å². The Labute approximate surface area is 279 Å². The Balaban J connectivity index is 1.07. The minimum Gasteiger partial charge on any atom is -0.506 e. The highest BCUT2D eigenvalue weighted by atomic mass is 35.5. The van der Waals surface area contributed by atoms with E-state index in [0.29, 0.717) is 63.6 Å². The van der Waals surface area contributed by atoms with Crippen LogP contribution in [0.15, 0.2) is 42.5 Å². The number of fused-ring (bicyclic) bond motifs is 1. The maximum Gasteiger partial charge on any atom is 0.410 e. The number of carboxylic acids is 1. The van der Waals surface area contributed by atoms with Gasteiger partial charge in [-0.3, -0.25) is 14.5 Å². The Bertz CT molecular complexity index is 1500. The van der Waals surface area contributed by atoms with E-state index in [9.17, 15) is 24.3 Å². The smallest absolute Gasteiger partial charge is 0.410 e. The summed E-state index contributed by atoms with van der Waals surface area (Å²) in [5.41, 5.74) is 2.59. The number of para-hydroxylation sites is 1. The largest absolute Gasteiger partial charge is 0.506 e. The van der Waals surface area contributed by atoms with Crippen molar-refractivity contribution in [1.82, 2.24) is 19.6 Å². The summed E-state index contributed by atoms with van der Waals surface area (Å²) in [5.74, 6) is -0.626. The molecule has 4 aliphatic rings. The van der Waals surface area contributed by atoms with Crippen LogP contribution < -0.4 is 5.32 Å². The fraction of sp³-hybridized carbons (Fsp3) is 0.529. The van der Waals surface area contributed by atoms with Crippen molar-refractivity contribution in [3.8, 4) is 5.75 Å². The standard InChI is InChI=1S/C34H42ClN5O7/c35-27-17-22(5-6-29(27)41)18-30(32(44)39-13-8-25(20-39)24-7-12-37(19-24)21-31(42)43)47-34(46)38-14-10-26(11-15-38)40-16-9-23-3-1-2-4-28(23)36-33(40)45/h1-6,17,24-26,30,41H,7-16,18-21H2,(H,36,45)(H,42,43)/t24?,25?,30-/m1/s1. The predicted octanol–water partition coefficient (Wildman–Crippen LogP) is 3.90. The molecule has 3 fully saturated rings. The number of halogens is 1. The maximum atomic E-state index is 13.9. The number of hydrogen-bond acceptors (Lipinski definition) is 7. The van der Waals surface area contributed by atoms with Crippen LogP contribution in [0.5, 0.6) is 5.75 Å². The van der Waals surface area contributed by atoms with E-state index in [1.165, 1.54) is 6.07 Å². The molecule has 3 N–H and O–H groups in total. The van der Waals surface area contributed by atoms with Crippen molar-refractivity contribution < 1.29 is 34.1 Å². The van der Waals surface area contributed by atoms with Crippen molar-refractivity contribution in [1.29, 1.82) is 0 Å². The molecule has 2 unspecified atom stereocenters. The number of phenolic OH excluding ortho intramolecular Hbond substituents is 1. The zero-order valence-electron chi connectivity index (χ0n) is 26.4. The molecule has 12 nitrogen and oxygen atoms in total. The molecule has 3 atom stereocenters. The van der Waals surface area contributed by atoms with E-state index in [4.69, 9.17) is 21.4 Å². The van der Waals surface area contributed by atoms with Crippen LogP contribution >= 0.6 is 11.6 Å². The molecule has 3 saturated heterocycles. The molecule has 4 aliphatic heterocycles. The number of nitrogens with one attached hydrogen (secondary N) is 1. The molecule has 2 aromatic carbocycles. The minimum atomic E-state index is -1.08. The second-order valence-electron chi connectivity index (χ2n) is 13.1. The van der Waals surface area contributed by atoms with Crippen LogP contribution in [0, 0.1) is 11.8 Å². The van der Waals surface area contributed by atoms with Crippen molar-refractivity contribution in [2.45, 2.75) is 50.7 Å². The van der Waals surface area contributed by atoms with E-state index in [2.05, 4.69) is 5.32 Å². The van der Waals surface area contributed by atoms with E-state index >= 15 is 0 Å². The van der Waals surface area contributed by atoms with Gasteiger partial charge in [0.1, 0.15) is 5.75 Å². The number of aliphatic carboxylic acids is 1. The normalized spacial score (nSPS) is 22.8. The van der Waals surface area contributed by atoms with Gasteiger partial charge in [-0.25, -0.2) is 9.59 Å². The van der Waals surface area contributed by atoms with E-state index in [1.807, 2.05) is 34.1 Å². The zero-order valence-corrected chi connectivity index (χ0v) is 27.1. The molecule has 6 rings (SSSR count). The number of aromatic hydroxyl groups is 1. The molecule has 2 aromatic rings. The van der Waals surface area contributed by atoms with E-state index in [-0.39, 0.29) is 47.6 Å². The number of amides is 4. The first-order valence-corrected chi connectivity index (χ1v) is 16.8. The van der Waals surface area contributed by atoms with Crippen molar-refractivity contribution in [2.24, 2.45) is 11.8 Å². The number of likely N-dealkylation sites (tertiary alicyclic amines) is 3. The summed E-state index contributed by atoms with van der Waals surface area (Å²) in [4.78, 5) is 58.8. The summed E-state index contributed by atoms with van der Waals surface area (Å²) in [6.45, 7) is 3.91. The number of ether oxygens (including phenoxy) is 1. The molecule has 0 saturated carbocycles. The van der Waals surface area contributed by atoms with Crippen LogP contribution in [0.4, 0.5) is 15.3 Å². The van der Waals surface area contributed by atoms with Gasteiger partial charge in [0.2, 0.25) is 0 Å². The zero-order chi connectivity index (χ0) is 33.1. The molecule has 252 valence electrons. The molecule has 0 radical (unpaired) electrons. The number of carbonyl (C=O) groups is 4. The first-order chi connectivity index (χ1) is 22.6. The molecular weight excluding hydrogens is 626 g/mol. The summed E-state index contributed by atoms with van der Waals surface area (Å²) < 4.78 is 5.95. The summed E-state index contributed by atoms with van der Waals surface area (Å²) in [5, 5.41) is 22.2. The van der Waals surface area contributed by atoms with Gasteiger partial charge in [0.05, 0.1) is 11.6 Å². The third kappa shape index (κ3) is 7.76. The molecule has 47 heavy (non-hydrogen) atoms. The monoisotopic (exact) mass is 667 g/mol.